The van der Waals surface area contributed by atoms with E-state index in [1.54, 1.807) is 0 Å². The van der Waals surface area contributed by atoms with E-state index < -0.39 is 0 Å². The van der Waals surface area contributed by atoms with Gasteiger partial charge in [0.2, 0.25) is 0 Å². The van der Waals surface area contributed by atoms with E-state index >= 15 is 0 Å². The largest absolute Gasteiger partial charge is 0.327 e. The average Bonchev–Trinajstić information content (AvgIpc) is 2.55. The fraction of sp³-hybridized carbons (Fsp3) is 0.400. The molecule has 0 aromatic heterocycles. The van der Waals surface area contributed by atoms with Crippen molar-refractivity contribution in [2.45, 2.75) is 18.4 Å². The molecule has 70 valence electrons. The Balaban J connectivity index is 0.000000653. The van der Waals surface area contributed by atoms with Gasteiger partial charge in [0, 0.05) is 16.4 Å². The van der Waals surface area contributed by atoms with E-state index in [1.165, 1.54) is 22.0 Å². The normalized spacial score (nSPS) is 33.2. The molecular formula is C10H11BrClN. The summed E-state index contributed by atoms with van der Waals surface area (Å²) < 4.78 is 1.18. The number of halogens is 2. The van der Waals surface area contributed by atoms with Crippen LogP contribution in [0.2, 0.25) is 0 Å². The van der Waals surface area contributed by atoms with Crippen molar-refractivity contribution in [3.63, 3.8) is 0 Å². The van der Waals surface area contributed by atoms with Gasteiger partial charge in [-0.2, -0.15) is 0 Å². The molecule has 2 N–H and O–H groups in total. The first-order valence-corrected chi connectivity index (χ1v) is 5.10. The molecule has 0 spiro atoms. The summed E-state index contributed by atoms with van der Waals surface area (Å²) in [4.78, 5) is 0. The lowest BCUT2D eigenvalue weighted by atomic mass is 10.1. The fourth-order valence-corrected chi connectivity index (χ4v) is 2.80. The number of benzene rings is 1. The Bertz CT molecular complexity index is 353. The van der Waals surface area contributed by atoms with Gasteiger partial charge in [0.25, 0.3) is 0 Å². The Hall–Kier alpha value is -0.0500. The summed E-state index contributed by atoms with van der Waals surface area (Å²) in [7, 11) is 0. The highest BCUT2D eigenvalue weighted by atomic mass is 79.9. The van der Waals surface area contributed by atoms with E-state index in [0.717, 1.165) is 5.92 Å². The second-order valence-corrected chi connectivity index (χ2v) is 4.73. The predicted octanol–water partition coefficient (Wildman–Crippen LogP) is 2.47. The van der Waals surface area contributed by atoms with Crippen LogP contribution in [0.4, 0.5) is 0 Å². The van der Waals surface area contributed by atoms with Crippen LogP contribution in [0, 0.1) is 5.92 Å². The number of hydrogen-bond acceptors (Lipinski definition) is 1. The number of hydrogen-bond donors (Lipinski definition) is 1. The van der Waals surface area contributed by atoms with Gasteiger partial charge >= 0.3 is 0 Å². The molecular weight excluding hydrogens is 249 g/mol. The van der Waals surface area contributed by atoms with Crippen LogP contribution >= 0.6 is 28.3 Å². The van der Waals surface area contributed by atoms with E-state index in [-0.39, 0.29) is 12.4 Å². The van der Waals surface area contributed by atoms with Crippen LogP contribution in [0.15, 0.2) is 22.7 Å². The van der Waals surface area contributed by atoms with Crippen LogP contribution in [-0.4, -0.2) is 6.04 Å². The van der Waals surface area contributed by atoms with Crippen LogP contribution in [0.25, 0.3) is 0 Å². The third-order valence-electron chi connectivity index (χ3n) is 3.15. The summed E-state index contributed by atoms with van der Waals surface area (Å²) in [5.74, 6) is 1.44. The maximum atomic E-state index is 5.92. The van der Waals surface area contributed by atoms with Crippen LogP contribution in [0.1, 0.15) is 17.0 Å². The summed E-state index contributed by atoms with van der Waals surface area (Å²) in [6, 6.07) is 7.02. The molecule has 1 aromatic rings. The lowest BCUT2D eigenvalue weighted by Crippen LogP contribution is -2.08. The van der Waals surface area contributed by atoms with Crippen molar-refractivity contribution in [1.82, 2.24) is 0 Å². The van der Waals surface area contributed by atoms with Gasteiger partial charge in [-0.25, -0.2) is 0 Å². The zero-order valence-electron chi connectivity index (χ0n) is 7.03. The summed E-state index contributed by atoms with van der Waals surface area (Å²) in [5.41, 5.74) is 8.92. The summed E-state index contributed by atoms with van der Waals surface area (Å²) in [6.07, 6.45) is 1.20. The van der Waals surface area contributed by atoms with Gasteiger partial charge < -0.3 is 5.73 Å². The molecule has 0 radical (unpaired) electrons. The number of fused-ring (bicyclic) bond motifs is 3. The van der Waals surface area contributed by atoms with Gasteiger partial charge in [-0.1, -0.05) is 22.0 Å². The molecule has 0 saturated heterocycles. The van der Waals surface area contributed by atoms with Crippen LogP contribution in [0.3, 0.4) is 0 Å². The molecule has 1 aromatic carbocycles. The van der Waals surface area contributed by atoms with E-state index in [1.807, 2.05) is 0 Å². The number of nitrogens with two attached hydrogens (primary N) is 1. The molecule has 3 unspecified atom stereocenters. The van der Waals surface area contributed by atoms with Gasteiger partial charge in [-0.3, -0.25) is 0 Å². The molecule has 1 saturated carbocycles. The van der Waals surface area contributed by atoms with Crippen LogP contribution in [0.5, 0.6) is 0 Å². The van der Waals surface area contributed by atoms with Crippen molar-refractivity contribution in [3.05, 3.63) is 33.8 Å². The smallest absolute Gasteiger partial charge is 0.0178 e. The van der Waals surface area contributed by atoms with Crippen molar-refractivity contribution >= 4 is 28.3 Å². The molecule has 0 bridgehead atoms. The molecule has 0 heterocycles. The first kappa shape index (κ1) is 9.50. The molecule has 1 fully saturated rings. The van der Waals surface area contributed by atoms with E-state index in [2.05, 4.69) is 34.1 Å². The Kier molecular flexibility index (Phi) is 2.17. The first-order chi connectivity index (χ1) is 5.77. The monoisotopic (exact) mass is 259 g/mol. The van der Waals surface area contributed by atoms with Crippen LogP contribution < -0.4 is 5.73 Å². The highest BCUT2D eigenvalue weighted by Crippen LogP contribution is 2.55. The summed E-state index contributed by atoms with van der Waals surface area (Å²) in [5, 5.41) is 0. The van der Waals surface area contributed by atoms with Gasteiger partial charge in [0.05, 0.1) is 0 Å². The van der Waals surface area contributed by atoms with Crippen molar-refractivity contribution in [1.29, 1.82) is 0 Å². The predicted molar refractivity (Wildman–Crippen MR) is 59.3 cm³/mol. The summed E-state index contributed by atoms with van der Waals surface area (Å²) in [6.45, 7) is 0. The van der Waals surface area contributed by atoms with E-state index in [4.69, 9.17) is 5.73 Å². The highest BCUT2D eigenvalue weighted by Gasteiger charge is 2.53. The van der Waals surface area contributed by atoms with E-state index in [9.17, 15) is 0 Å². The molecule has 2 aliphatic carbocycles. The Morgan fingerprint density at radius 3 is 2.92 bits per heavy atom. The second-order valence-electron chi connectivity index (χ2n) is 3.81. The molecule has 3 atom stereocenters. The van der Waals surface area contributed by atoms with E-state index in [0.29, 0.717) is 12.0 Å². The maximum absolute atomic E-state index is 5.92. The zero-order valence-corrected chi connectivity index (χ0v) is 9.44. The minimum Gasteiger partial charge on any atom is -0.327 e. The Morgan fingerprint density at radius 1 is 1.38 bits per heavy atom. The third-order valence-corrected chi connectivity index (χ3v) is 3.65. The molecule has 0 amide bonds. The molecule has 2 aliphatic rings. The average molecular weight is 261 g/mol. The lowest BCUT2D eigenvalue weighted by molar-refractivity contribution is 0.801. The summed E-state index contributed by atoms with van der Waals surface area (Å²) >= 11 is 3.49. The van der Waals surface area contributed by atoms with Crippen LogP contribution in [-0.2, 0) is 6.42 Å². The topological polar surface area (TPSA) is 26.0 Å². The quantitative estimate of drug-likeness (QED) is 0.762. The minimum atomic E-state index is 0. The molecule has 3 heteroatoms. The lowest BCUT2D eigenvalue weighted by Gasteiger charge is -2.04. The number of rotatable bonds is 0. The SMILES string of the molecule is Cl.NC1C2Cc3ccc(Br)cc3C12. The van der Waals surface area contributed by atoms with Gasteiger partial charge in [-0.05, 0) is 35.6 Å². The van der Waals surface area contributed by atoms with Gasteiger partial charge in [0.15, 0.2) is 0 Å². The second kappa shape index (κ2) is 2.97. The fourth-order valence-electron chi connectivity index (χ4n) is 2.42. The first-order valence-electron chi connectivity index (χ1n) is 4.31. The van der Waals surface area contributed by atoms with Crippen molar-refractivity contribution in [2.24, 2.45) is 11.7 Å². The van der Waals surface area contributed by atoms with Crippen molar-refractivity contribution in [3.8, 4) is 0 Å². The molecule has 13 heavy (non-hydrogen) atoms. The maximum Gasteiger partial charge on any atom is 0.0178 e. The minimum absolute atomic E-state index is 0. The Morgan fingerprint density at radius 2 is 2.15 bits per heavy atom. The molecule has 3 rings (SSSR count). The van der Waals surface area contributed by atoms with Crippen molar-refractivity contribution in [2.75, 3.05) is 0 Å². The van der Waals surface area contributed by atoms with Gasteiger partial charge in [0.1, 0.15) is 0 Å². The standard InChI is InChI=1S/C10H10BrN.ClH/c11-6-2-1-5-3-8-9(10(8)12)7(5)4-6;/h1-2,4,8-10H,3,12H2;1H. The van der Waals surface area contributed by atoms with Crippen molar-refractivity contribution < 1.29 is 0 Å². The highest BCUT2D eigenvalue weighted by molar-refractivity contribution is 9.10. The van der Waals surface area contributed by atoms with Gasteiger partial charge in [-0.15, -0.1) is 12.4 Å². The molecule has 1 nitrogen and oxygen atoms in total. The molecule has 0 aliphatic heterocycles. The zero-order chi connectivity index (χ0) is 8.29. The third kappa shape index (κ3) is 1.24. The Labute approximate surface area is 92.2 Å².